The van der Waals surface area contributed by atoms with E-state index in [-0.39, 0.29) is 23.5 Å². The summed E-state index contributed by atoms with van der Waals surface area (Å²) < 4.78 is 27.1. The van der Waals surface area contributed by atoms with Gasteiger partial charge in [-0.2, -0.15) is 0 Å². The van der Waals surface area contributed by atoms with Gasteiger partial charge in [0.15, 0.2) is 5.16 Å². The minimum absolute atomic E-state index is 0.00578. The Balaban J connectivity index is 1.89. The molecule has 0 saturated heterocycles. The highest BCUT2D eigenvalue weighted by Gasteiger charge is 2.35. The van der Waals surface area contributed by atoms with E-state index in [2.05, 4.69) is 20.6 Å². The average Bonchev–Trinajstić information content (AvgIpc) is 2.64. The zero-order chi connectivity index (χ0) is 20.3. The molecule has 1 atom stereocenters. The molecule has 10 heteroatoms. The number of anilines is 2. The molecule has 3 N–H and O–H groups in total. The van der Waals surface area contributed by atoms with Gasteiger partial charge >= 0.3 is 0 Å². The fourth-order valence-electron chi connectivity index (χ4n) is 2.77. The average molecular weight is 408 g/mol. The minimum Gasteiger partial charge on any atom is -0.323 e. The maximum atomic E-state index is 13.8. The molecular weight excluding hydrogens is 390 g/mol. The molecule has 2 amide bonds. The summed E-state index contributed by atoms with van der Waals surface area (Å²) in [7, 11) is 0. The van der Waals surface area contributed by atoms with Crippen molar-refractivity contribution in [2.24, 2.45) is 0 Å². The second-order valence-electron chi connectivity index (χ2n) is 6.25. The van der Waals surface area contributed by atoms with Gasteiger partial charge in [0.1, 0.15) is 17.5 Å². The number of rotatable bonds is 6. The number of hydrogen-bond donors (Lipinski definition) is 3. The topological polar surface area (TPSA) is 104 Å². The Hall–Kier alpha value is -2.75. The number of carbonyl (C=O) groups is 2. The van der Waals surface area contributed by atoms with Gasteiger partial charge in [0.25, 0.3) is 5.56 Å². The standard InChI is InChI=1S/C18H18F2N4O3S/c1-2-3-6-28-18-23-15-14(17(27)24-18)10(8-13(25)22-15)16(26)21-12-7-9(19)4-5-11(12)20/h4-5,7,10H,2-3,6,8H2,1H3,(H,21,26)(H2,22,23,24,25,27)/t10-/m0/s1. The highest BCUT2D eigenvalue weighted by atomic mass is 32.2. The van der Waals surface area contributed by atoms with Crippen molar-refractivity contribution in [1.29, 1.82) is 0 Å². The fourth-order valence-corrected chi connectivity index (χ4v) is 3.72. The van der Waals surface area contributed by atoms with Crippen molar-refractivity contribution in [3.8, 4) is 0 Å². The van der Waals surface area contributed by atoms with E-state index < -0.39 is 34.9 Å². The summed E-state index contributed by atoms with van der Waals surface area (Å²) in [5.74, 6) is -3.25. The van der Waals surface area contributed by atoms with Crippen LogP contribution in [0.25, 0.3) is 0 Å². The largest absolute Gasteiger partial charge is 0.323 e. The summed E-state index contributed by atoms with van der Waals surface area (Å²) in [5, 5.41) is 5.09. The summed E-state index contributed by atoms with van der Waals surface area (Å²) >= 11 is 1.34. The van der Waals surface area contributed by atoms with Gasteiger partial charge in [-0.25, -0.2) is 13.8 Å². The molecule has 1 aliphatic heterocycles. The Morgan fingerprint density at radius 1 is 1.36 bits per heavy atom. The van der Waals surface area contributed by atoms with Gasteiger partial charge in [-0.1, -0.05) is 25.1 Å². The first kappa shape index (κ1) is 20.0. The molecule has 7 nitrogen and oxygen atoms in total. The van der Waals surface area contributed by atoms with E-state index in [1.807, 2.05) is 6.92 Å². The van der Waals surface area contributed by atoms with Crippen molar-refractivity contribution in [3.05, 3.63) is 45.8 Å². The molecule has 1 aromatic carbocycles. The lowest BCUT2D eigenvalue weighted by atomic mass is 9.92. The molecule has 1 aromatic heterocycles. The Morgan fingerprint density at radius 2 is 2.14 bits per heavy atom. The summed E-state index contributed by atoms with van der Waals surface area (Å²) in [6, 6.07) is 2.62. The minimum atomic E-state index is -1.17. The predicted octanol–water partition coefficient (Wildman–Crippen LogP) is 3.00. The number of aromatic amines is 1. The maximum Gasteiger partial charge on any atom is 0.257 e. The number of amides is 2. The Bertz CT molecular complexity index is 980. The molecule has 2 heterocycles. The monoisotopic (exact) mass is 408 g/mol. The van der Waals surface area contributed by atoms with Crippen molar-refractivity contribution in [1.82, 2.24) is 9.97 Å². The zero-order valence-electron chi connectivity index (χ0n) is 15.0. The van der Waals surface area contributed by atoms with E-state index in [9.17, 15) is 23.2 Å². The number of fused-ring (bicyclic) bond motifs is 1. The van der Waals surface area contributed by atoms with Gasteiger partial charge in [0.05, 0.1) is 17.2 Å². The lowest BCUT2D eigenvalue weighted by Crippen LogP contribution is -2.36. The van der Waals surface area contributed by atoms with Crippen molar-refractivity contribution >= 4 is 35.1 Å². The molecule has 1 aliphatic rings. The molecule has 0 unspecified atom stereocenters. The van der Waals surface area contributed by atoms with Crippen molar-refractivity contribution < 1.29 is 18.4 Å². The van der Waals surface area contributed by atoms with Crippen LogP contribution in [-0.4, -0.2) is 27.5 Å². The molecule has 2 aromatic rings. The Morgan fingerprint density at radius 3 is 2.89 bits per heavy atom. The predicted molar refractivity (Wildman–Crippen MR) is 101 cm³/mol. The number of aromatic nitrogens is 2. The summed E-state index contributed by atoms with van der Waals surface area (Å²) in [6.07, 6.45) is 1.61. The molecular formula is C18H18F2N4O3S. The number of benzene rings is 1. The molecule has 0 saturated carbocycles. The second kappa shape index (κ2) is 8.51. The Kier molecular flexibility index (Phi) is 6.08. The third-order valence-electron chi connectivity index (χ3n) is 4.17. The SMILES string of the molecule is CCCCSc1nc2c(c(=O)[nH]1)[C@@H](C(=O)Nc1cc(F)ccc1F)CC(=O)N2. The maximum absolute atomic E-state index is 13.8. The van der Waals surface area contributed by atoms with E-state index in [4.69, 9.17) is 0 Å². The van der Waals surface area contributed by atoms with Crippen molar-refractivity contribution in [2.75, 3.05) is 16.4 Å². The van der Waals surface area contributed by atoms with E-state index in [1.165, 1.54) is 11.8 Å². The first-order chi connectivity index (χ1) is 13.4. The third-order valence-corrected chi connectivity index (χ3v) is 5.13. The number of nitrogens with zero attached hydrogens (tertiary/aromatic N) is 1. The van der Waals surface area contributed by atoms with Gasteiger partial charge in [0.2, 0.25) is 11.8 Å². The van der Waals surface area contributed by atoms with Gasteiger partial charge < -0.3 is 15.6 Å². The number of nitrogens with one attached hydrogen (secondary N) is 3. The molecule has 148 valence electrons. The summed E-state index contributed by atoms with van der Waals surface area (Å²) in [4.78, 5) is 44.0. The van der Waals surface area contributed by atoms with Gasteiger partial charge in [-0.05, 0) is 18.6 Å². The van der Waals surface area contributed by atoms with Crippen LogP contribution in [0.3, 0.4) is 0 Å². The highest BCUT2D eigenvalue weighted by molar-refractivity contribution is 7.99. The highest BCUT2D eigenvalue weighted by Crippen LogP contribution is 2.31. The van der Waals surface area contributed by atoms with Gasteiger partial charge in [-0.15, -0.1) is 0 Å². The van der Waals surface area contributed by atoms with Crippen LogP contribution in [0.15, 0.2) is 28.2 Å². The smallest absolute Gasteiger partial charge is 0.257 e. The first-order valence-corrected chi connectivity index (χ1v) is 9.70. The van der Waals surface area contributed by atoms with Crippen LogP contribution in [0.5, 0.6) is 0 Å². The Labute approximate surface area is 163 Å². The summed E-state index contributed by atoms with van der Waals surface area (Å²) in [6.45, 7) is 2.04. The molecule has 0 fully saturated rings. The van der Waals surface area contributed by atoms with E-state index in [1.54, 1.807) is 0 Å². The second-order valence-corrected chi connectivity index (χ2v) is 7.34. The fraction of sp³-hybridized carbons (Fsp3) is 0.333. The van der Waals surface area contributed by atoms with Crippen LogP contribution in [0.1, 0.15) is 37.7 Å². The van der Waals surface area contributed by atoms with E-state index in [0.29, 0.717) is 5.16 Å². The zero-order valence-corrected chi connectivity index (χ0v) is 15.8. The number of thioether (sulfide) groups is 1. The van der Waals surface area contributed by atoms with Crippen molar-refractivity contribution in [2.45, 2.75) is 37.3 Å². The number of unbranched alkanes of at least 4 members (excludes halogenated alkanes) is 1. The molecule has 0 aliphatic carbocycles. The van der Waals surface area contributed by atoms with Crippen LogP contribution < -0.4 is 16.2 Å². The van der Waals surface area contributed by atoms with Crippen molar-refractivity contribution in [3.63, 3.8) is 0 Å². The number of halogens is 2. The third kappa shape index (κ3) is 4.38. The van der Waals surface area contributed by atoms with Crippen LogP contribution >= 0.6 is 11.8 Å². The van der Waals surface area contributed by atoms with Crippen LogP contribution in [0, 0.1) is 11.6 Å². The van der Waals surface area contributed by atoms with E-state index >= 15 is 0 Å². The molecule has 0 bridgehead atoms. The number of hydrogen-bond acceptors (Lipinski definition) is 5. The molecule has 3 rings (SSSR count). The summed E-state index contributed by atoms with van der Waals surface area (Å²) in [5.41, 5.74) is -0.925. The lowest BCUT2D eigenvalue weighted by Gasteiger charge is -2.23. The lowest BCUT2D eigenvalue weighted by molar-refractivity contribution is -0.123. The van der Waals surface area contributed by atoms with Gasteiger partial charge in [0, 0.05) is 18.2 Å². The van der Waals surface area contributed by atoms with E-state index in [0.717, 1.165) is 36.8 Å². The van der Waals surface area contributed by atoms with Crippen LogP contribution in [0.2, 0.25) is 0 Å². The van der Waals surface area contributed by atoms with Gasteiger partial charge in [-0.3, -0.25) is 14.4 Å². The number of H-pyrrole nitrogens is 1. The number of carbonyl (C=O) groups excluding carboxylic acids is 2. The normalized spacial score (nSPS) is 15.7. The van der Waals surface area contributed by atoms with Crippen LogP contribution in [0.4, 0.5) is 20.3 Å². The molecule has 0 spiro atoms. The quantitative estimate of drug-likeness (QED) is 0.387. The molecule has 0 radical (unpaired) electrons. The first-order valence-electron chi connectivity index (χ1n) is 8.71. The van der Waals surface area contributed by atoms with Crippen LogP contribution in [-0.2, 0) is 9.59 Å². The molecule has 28 heavy (non-hydrogen) atoms.